The normalized spacial score (nSPS) is 20.2. The van der Waals surface area contributed by atoms with Crippen LogP contribution in [0, 0.1) is 0 Å². The van der Waals surface area contributed by atoms with Gasteiger partial charge in [0.15, 0.2) is 0 Å². The monoisotopic (exact) mass is 167 g/mol. The van der Waals surface area contributed by atoms with Crippen molar-refractivity contribution in [2.75, 3.05) is 0 Å². The summed E-state index contributed by atoms with van der Waals surface area (Å²) in [6.45, 7) is 0. The Morgan fingerprint density at radius 2 is 1.67 bits per heavy atom. The Labute approximate surface area is 47.6 Å². The topological polar surface area (TPSA) is 0 Å². The van der Waals surface area contributed by atoms with E-state index in [-0.39, 0.29) is 0 Å². The molecule has 0 fully saturated rings. The molecule has 0 saturated heterocycles. The van der Waals surface area contributed by atoms with E-state index >= 15 is 0 Å². The first-order chi connectivity index (χ1) is 2.89. The van der Waals surface area contributed by atoms with Gasteiger partial charge in [-0.05, 0) is 0 Å². The summed E-state index contributed by atoms with van der Waals surface area (Å²) < 4.78 is 0.615. The molecule has 0 aromatic heterocycles. The molecule has 1 aliphatic carbocycles. The van der Waals surface area contributed by atoms with Gasteiger partial charge in [0, 0.05) is 0 Å². The summed E-state index contributed by atoms with van der Waals surface area (Å²) in [5.74, 6) is 0. The van der Waals surface area contributed by atoms with E-state index in [1.54, 1.807) is 0 Å². The second-order valence-corrected chi connectivity index (χ2v) is 2.36. The van der Waals surface area contributed by atoms with Gasteiger partial charge in [-0.1, -0.05) is 0 Å². The van der Waals surface area contributed by atoms with E-state index < -0.39 is 0 Å². The van der Waals surface area contributed by atoms with Crippen molar-refractivity contribution in [1.29, 1.82) is 0 Å². The van der Waals surface area contributed by atoms with Crippen LogP contribution in [0.5, 0.6) is 0 Å². The van der Waals surface area contributed by atoms with Crippen molar-refractivity contribution < 1.29 is 18.3 Å². The third kappa shape index (κ3) is 0.783. The molecule has 33 valence electrons. The summed E-state index contributed by atoms with van der Waals surface area (Å²) >= 11 is 2.61. The summed E-state index contributed by atoms with van der Waals surface area (Å²) in [5, 5.41) is 0. The molecular formula is C5H5Ru. The van der Waals surface area contributed by atoms with Crippen molar-refractivity contribution in [2.45, 2.75) is 4.51 Å². The van der Waals surface area contributed by atoms with Crippen LogP contribution in [0.4, 0.5) is 0 Å². The molecule has 0 amide bonds. The standard InChI is InChI=1S/C5H5.Ru/c1-2-4-5-3-1;/h1-5H;. The van der Waals surface area contributed by atoms with Gasteiger partial charge in [-0.2, -0.15) is 0 Å². The van der Waals surface area contributed by atoms with Crippen molar-refractivity contribution in [2.24, 2.45) is 0 Å². The first kappa shape index (κ1) is 4.27. The molecule has 0 unspecified atom stereocenters. The van der Waals surface area contributed by atoms with Gasteiger partial charge in [-0.25, -0.2) is 0 Å². The van der Waals surface area contributed by atoms with E-state index in [9.17, 15) is 0 Å². The molecule has 0 aliphatic heterocycles. The Hall–Kier alpha value is 0.103. The number of hydrogen-bond acceptors (Lipinski definition) is 0. The van der Waals surface area contributed by atoms with E-state index in [1.807, 2.05) is 0 Å². The molecule has 0 N–H and O–H groups in total. The number of rotatable bonds is 0. The summed E-state index contributed by atoms with van der Waals surface area (Å²) in [4.78, 5) is 0. The fourth-order valence-electron chi connectivity index (χ4n) is 0.399. The van der Waals surface area contributed by atoms with Crippen LogP contribution < -0.4 is 0 Å². The van der Waals surface area contributed by atoms with Crippen molar-refractivity contribution in [3.05, 3.63) is 24.3 Å². The molecule has 0 nitrogen and oxygen atoms in total. The zero-order chi connectivity index (χ0) is 4.41. The Kier molecular flexibility index (Phi) is 1.21. The first-order valence-electron chi connectivity index (χ1n) is 1.87. The summed E-state index contributed by atoms with van der Waals surface area (Å²) in [6, 6.07) is 0. The summed E-state index contributed by atoms with van der Waals surface area (Å²) in [5.41, 5.74) is 0. The Morgan fingerprint density at radius 1 is 1.17 bits per heavy atom. The van der Waals surface area contributed by atoms with E-state index in [0.717, 1.165) is 0 Å². The molecule has 1 aliphatic rings. The van der Waals surface area contributed by atoms with Gasteiger partial charge >= 0.3 is 47.1 Å². The SMILES string of the molecule is [Ru][CH]1C=CC=C1. The van der Waals surface area contributed by atoms with E-state index in [2.05, 4.69) is 42.6 Å². The van der Waals surface area contributed by atoms with Crippen LogP contribution in [0.3, 0.4) is 0 Å². The predicted molar refractivity (Wildman–Crippen MR) is 22.0 cm³/mol. The van der Waals surface area contributed by atoms with Gasteiger partial charge in [0.2, 0.25) is 0 Å². The maximum absolute atomic E-state index is 2.61. The second kappa shape index (κ2) is 1.70. The fourth-order valence-corrected chi connectivity index (χ4v) is 0.786. The summed E-state index contributed by atoms with van der Waals surface area (Å²) in [7, 11) is 0. The number of allylic oxidation sites excluding steroid dienone is 4. The van der Waals surface area contributed by atoms with Crippen molar-refractivity contribution in [3.63, 3.8) is 0 Å². The first-order valence-corrected chi connectivity index (χ1v) is 2.87. The molecule has 0 aromatic rings. The molecule has 1 rings (SSSR count). The van der Waals surface area contributed by atoms with Crippen LogP contribution in [0.25, 0.3) is 0 Å². The van der Waals surface area contributed by atoms with Gasteiger partial charge < -0.3 is 0 Å². The molecule has 0 radical (unpaired) electrons. The van der Waals surface area contributed by atoms with Crippen LogP contribution in [0.2, 0.25) is 4.51 Å². The second-order valence-electron chi connectivity index (χ2n) is 1.20. The van der Waals surface area contributed by atoms with Crippen molar-refractivity contribution in [1.82, 2.24) is 0 Å². The zero-order valence-corrected chi connectivity index (χ0v) is 4.98. The van der Waals surface area contributed by atoms with E-state index in [1.165, 1.54) is 0 Å². The van der Waals surface area contributed by atoms with Gasteiger partial charge in [0.25, 0.3) is 0 Å². The van der Waals surface area contributed by atoms with Gasteiger partial charge in [-0.15, -0.1) is 0 Å². The molecule has 0 spiro atoms. The quantitative estimate of drug-likeness (QED) is 0.478. The van der Waals surface area contributed by atoms with E-state index in [4.69, 9.17) is 0 Å². The average molecular weight is 166 g/mol. The third-order valence-corrected chi connectivity index (χ3v) is 1.36. The van der Waals surface area contributed by atoms with Crippen molar-refractivity contribution in [3.8, 4) is 0 Å². The predicted octanol–water partition coefficient (Wildman–Crippen LogP) is 1.45. The summed E-state index contributed by atoms with van der Waals surface area (Å²) in [6.07, 6.45) is 8.38. The van der Waals surface area contributed by atoms with Gasteiger partial charge in [0.1, 0.15) is 0 Å². The molecule has 1 heteroatoms. The van der Waals surface area contributed by atoms with Crippen molar-refractivity contribution >= 4 is 0 Å². The Bertz CT molecular complexity index is 80.1. The minimum atomic E-state index is 0.615. The van der Waals surface area contributed by atoms with E-state index in [0.29, 0.717) is 4.51 Å². The Balaban J connectivity index is 2.60. The van der Waals surface area contributed by atoms with Gasteiger partial charge in [-0.3, -0.25) is 0 Å². The zero-order valence-electron chi connectivity index (χ0n) is 3.24. The Morgan fingerprint density at radius 3 is 1.83 bits per heavy atom. The molecular weight excluding hydrogens is 161 g/mol. The molecule has 6 heavy (non-hydrogen) atoms. The molecule has 0 aromatic carbocycles. The molecule has 0 saturated carbocycles. The van der Waals surface area contributed by atoms with Crippen LogP contribution in [0.15, 0.2) is 24.3 Å². The van der Waals surface area contributed by atoms with Crippen LogP contribution >= 0.6 is 0 Å². The maximum atomic E-state index is 2.61. The molecule has 0 atom stereocenters. The number of hydrogen-bond donors (Lipinski definition) is 0. The fraction of sp³-hybridized carbons (Fsp3) is 0.200. The van der Waals surface area contributed by atoms with Crippen LogP contribution in [-0.4, -0.2) is 0 Å². The molecule has 0 heterocycles. The van der Waals surface area contributed by atoms with Crippen LogP contribution in [-0.2, 0) is 18.3 Å². The third-order valence-electron chi connectivity index (χ3n) is 0.692. The average Bonchev–Trinajstić information content (AvgIpc) is 1.86. The van der Waals surface area contributed by atoms with Crippen LogP contribution in [0.1, 0.15) is 0 Å². The van der Waals surface area contributed by atoms with Gasteiger partial charge in [0.05, 0.1) is 0 Å². The minimum absolute atomic E-state index is 0.615. The molecule has 0 bridgehead atoms.